The van der Waals surface area contributed by atoms with Crippen LogP contribution in [0, 0.1) is 10.5 Å². The Morgan fingerprint density at radius 3 is 2.67 bits per heavy atom. The second-order valence-electron chi connectivity index (χ2n) is 4.07. The fourth-order valence-electron chi connectivity index (χ4n) is 2.12. The molecular formula is C14H14INO2. The molecule has 0 amide bonds. The van der Waals surface area contributed by atoms with Gasteiger partial charge in [0.25, 0.3) is 0 Å². The maximum Gasteiger partial charge on any atom is 0.352 e. The van der Waals surface area contributed by atoms with Gasteiger partial charge >= 0.3 is 5.97 Å². The Hall–Kier alpha value is -1.30. The molecule has 1 heterocycles. The number of carbonyl (C=O) groups is 1. The zero-order chi connectivity index (χ0) is 13.3. The first-order chi connectivity index (χ1) is 8.56. The molecule has 0 aliphatic rings. The number of hydrogen-bond acceptors (Lipinski definition) is 1. The van der Waals surface area contributed by atoms with Gasteiger partial charge in [0.1, 0.15) is 5.69 Å². The van der Waals surface area contributed by atoms with E-state index in [9.17, 15) is 4.79 Å². The van der Waals surface area contributed by atoms with Gasteiger partial charge in [-0.15, -0.1) is 0 Å². The molecule has 0 aliphatic carbocycles. The number of aromatic carboxylic acids is 1. The number of halogens is 1. The van der Waals surface area contributed by atoms with Crippen molar-refractivity contribution in [1.82, 2.24) is 4.57 Å². The summed E-state index contributed by atoms with van der Waals surface area (Å²) in [5, 5.41) is 9.16. The van der Waals surface area contributed by atoms with Crippen LogP contribution in [0.15, 0.2) is 30.3 Å². The summed E-state index contributed by atoms with van der Waals surface area (Å²) in [5.74, 6) is -0.883. The molecule has 0 radical (unpaired) electrons. The second kappa shape index (κ2) is 5.14. The summed E-state index contributed by atoms with van der Waals surface area (Å²) in [6.45, 7) is 4.67. The predicted octanol–water partition coefficient (Wildman–Crippen LogP) is 3.79. The summed E-state index contributed by atoms with van der Waals surface area (Å²) < 4.78 is 3.02. The van der Waals surface area contributed by atoms with Gasteiger partial charge in [-0.3, -0.25) is 0 Å². The van der Waals surface area contributed by atoms with Crippen molar-refractivity contribution in [1.29, 1.82) is 0 Å². The molecule has 0 saturated carbocycles. The molecule has 0 atom stereocenters. The smallest absolute Gasteiger partial charge is 0.352 e. The molecule has 1 aromatic heterocycles. The van der Waals surface area contributed by atoms with Crippen molar-refractivity contribution in [3.8, 4) is 11.3 Å². The fraction of sp³-hybridized carbons (Fsp3) is 0.214. The summed E-state index contributed by atoms with van der Waals surface area (Å²) >= 11 is 2.30. The zero-order valence-electron chi connectivity index (χ0n) is 10.3. The fourth-order valence-corrected chi connectivity index (χ4v) is 2.61. The van der Waals surface area contributed by atoms with Crippen molar-refractivity contribution in [3.63, 3.8) is 0 Å². The zero-order valence-corrected chi connectivity index (χ0v) is 12.4. The summed E-state index contributed by atoms with van der Waals surface area (Å²) in [4.78, 5) is 11.2. The third-order valence-electron chi connectivity index (χ3n) is 3.06. The Morgan fingerprint density at radius 2 is 2.06 bits per heavy atom. The van der Waals surface area contributed by atoms with E-state index in [1.807, 2.05) is 29.7 Å². The minimum absolute atomic E-state index is 0.339. The average Bonchev–Trinajstić information content (AvgIpc) is 2.76. The topological polar surface area (TPSA) is 42.2 Å². The van der Waals surface area contributed by atoms with E-state index in [0.29, 0.717) is 12.2 Å². The Kier molecular flexibility index (Phi) is 3.75. The van der Waals surface area contributed by atoms with E-state index in [4.69, 9.17) is 5.11 Å². The van der Waals surface area contributed by atoms with Crippen molar-refractivity contribution in [2.24, 2.45) is 0 Å². The number of carboxylic acids is 1. The molecule has 0 bridgehead atoms. The first-order valence-electron chi connectivity index (χ1n) is 5.74. The third-order valence-corrected chi connectivity index (χ3v) is 4.23. The largest absolute Gasteiger partial charge is 0.477 e. The number of nitrogens with zero attached hydrogens (tertiary/aromatic N) is 1. The molecule has 18 heavy (non-hydrogen) atoms. The van der Waals surface area contributed by atoms with Gasteiger partial charge in [-0.2, -0.15) is 0 Å². The number of benzene rings is 1. The molecule has 2 aromatic rings. The highest BCUT2D eigenvalue weighted by Crippen LogP contribution is 2.28. The highest BCUT2D eigenvalue weighted by atomic mass is 127. The van der Waals surface area contributed by atoms with Crippen molar-refractivity contribution in [2.45, 2.75) is 20.4 Å². The minimum atomic E-state index is -0.883. The van der Waals surface area contributed by atoms with Gasteiger partial charge in [-0.05, 0) is 60.2 Å². The van der Waals surface area contributed by atoms with Crippen LogP contribution in [-0.4, -0.2) is 15.6 Å². The van der Waals surface area contributed by atoms with Gasteiger partial charge in [0.2, 0.25) is 0 Å². The number of carboxylic acid groups (broad SMARTS) is 1. The maximum atomic E-state index is 11.2. The summed E-state index contributed by atoms with van der Waals surface area (Å²) in [5.41, 5.74) is 3.58. The van der Waals surface area contributed by atoms with Crippen LogP contribution in [0.25, 0.3) is 11.3 Å². The van der Waals surface area contributed by atoms with Gasteiger partial charge in [-0.1, -0.05) is 12.1 Å². The van der Waals surface area contributed by atoms with Crippen molar-refractivity contribution >= 4 is 28.6 Å². The first kappa shape index (κ1) is 13.1. The lowest BCUT2D eigenvalue weighted by Crippen LogP contribution is -2.08. The molecule has 0 aliphatic heterocycles. The van der Waals surface area contributed by atoms with Crippen LogP contribution >= 0.6 is 22.6 Å². The van der Waals surface area contributed by atoms with Gasteiger partial charge < -0.3 is 9.67 Å². The quantitative estimate of drug-likeness (QED) is 0.852. The van der Waals surface area contributed by atoms with E-state index < -0.39 is 5.97 Å². The molecule has 1 N–H and O–H groups in total. The lowest BCUT2D eigenvalue weighted by Gasteiger charge is -2.12. The van der Waals surface area contributed by atoms with Crippen LogP contribution in [0.2, 0.25) is 0 Å². The Labute approximate surface area is 120 Å². The molecule has 2 rings (SSSR count). The molecule has 4 heteroatoms. The van der Waals surface area contributed by atoms with Gasteiger partial charge in [0.05, 0.1) is 0 Å². The number of aromatic nitrogens is 1. The highest BCUT2D eigenvalue weighted by molar-refractivity contribution is 14.1. The molecule has 0 unspecified atom stereocenters. The van der Waals surface area contributed by atoms with Crippen molar-refractivity contribution in [2.75, 3.05) is 0 Å². The van der Waals surface area contributed by atoms with Crippen molar-refractivity contribution < 1.29 is 9.90 Å². The first-order valence-corrected chi connectivity index (χ1v) is 6.82. The van der Waals surface area contributed by atoms with E-state index in [0.717, 1.165) is 11.3 Å². The van der Waals surface area contributed by atoms with Gasteiger partial charge in [0, 0.05) is 21.4 Å². The predicted molar refractivity (Wildman–Crippen MR) is 80.0 cm³/mol. The molecule has 0 spiro atoms. The van der Waals surface area contributed by atoms with Gasteiger partial charge in [0.15, 0.2) is 0 Å². The Morgan fingerprint density at radius 1 is 1.33 bits per heavy atom. The molecule has 3 nitrogen and oxygen atoms in total. The lowest BCUT2D eigenvalue weighted by molar-refractivity contribution is 0.0685. The maximum absolute atomic E-state index is 11.2. The minimum Gasteiger partial charge on any atom is -0.477 e. The molecule has 94 valence electrons. The van der Waals surface area contributed by atoms with Crippen LogP contribution in [0.4, 0.5) is 0 Å². The van der Waals surface area contributed by atoms with Gasteiger partial charge in [-0.25, -0.2) is 4.79 Å². The lowest BCUT2D eigenvalue weighted by atomic mass is 10.1. The van der Waals surface area contributed by atoms with E-state index >= 15 is 0 Å². The second-order valence-corrected chi connectivity index (χ2v) is 5.23. The molecule has 0 saturated heterocycles. The average molecular weight is 355 g/mol. The number of hydrogen-bond donors (Lipinski definition) is 1. The van der Waals surface area contributed by atoms with E-state index in [2.05, 4.69) is 35.6 Å². The van der Waals surface area contributed by atoms with E-state index in [1.165, 1.54) is 9.13 Å². The van der Waals surface area contributed by atoms with E-state index in [-0.39, 0.29) is 0 Å². The normalized spacial score (nSPS) is 10.6. The molecular weight excluding hydrogens is 341 g/mol. The number of rotatable bonds is 3. The Bertz CT molecular complexity index is 602. The summed E-state index contributed by atoms with van der Waals surface area (Å²) in [6, 6.07) is 9.63. The van der Waals surface area contributed by atoms with Crippen molar-refractivity contribution in [3.05, 3.63) is 45.2 Å². The monoisotopic (exact) mass is 355 g/mol. The standard InChI is InChI=1S/C14H14INO2/c1-3-16-12(7-8-13(16)14(17)18)10-5-4-6-11(15)9(10)2/h4-8H,3H2,1-2H3,(H,17,18). The van der Waals surface area contributed by atoms with Crippen LogP contribution in [0.1, 0.15) is 23.0 Å². The molecule has 1 aromatic carbocycles. The van der Waals surface area contributed by atoms with Crippen LogP contribution in [0.5, 0.6) is 0 Å². The van der Waals surface area contributed by atoms with Crippen LogP contribution < -0.4 is 0 Å². The molecule has 0 fully saturated rings. The van der Waals surface area contributed by atoms with Crippen LogP contribution in [-0.2, 0) is 6.54 Å². The SMILES string of the molecule is CCn1c(C(=O)O)ccc1-c1cccc(I)c1C. The summed E-state index contributed by atoms with van der Waals surface area (Å²) in [6.07, 6.45) is 0. The Balaban J connectivity index is 2.65. The van der Waals surface area contributed by atoms with E-state index in [1.54, 1.807) is 6.07 Å². The third kappa shape index (κ3) is 2.16. The highest BCUT2D eigenvalue weighted by Gasteiger charge is 2.15. The summed E-state index contributed by atoms with van der Waals surface area (Å²) in [7, 11) is 0. The van der Waals surface area contributed by atoms with Crippen LogP contribution in [0.3, 0.4) is 0 Å².